The van der Waals surface area contributed by atoms with Gasteiger partial charge in [0.1, 0.15) is 0 Å². The van der Waals surface area contributed by atoms with Gasteiger partial charge in [0.05, 0.1) is 11.5 Å². The second-order valence-electron chi connectivity index (χ2n) is 6.18. The van der Waals surface area contributed by atoms with Gasteiger partial charge >= 0.3 is 0 Å². The Bertz CT molecular complexity index is 592. The summed E-state index contributed by atoms with van der Waals surface area (Å²) in [5.41, 5.74) is 0.984. The quantitative estimate of drug-likeness (QED) is 0.619. The molecule has 1 saturated heterocycles. The highest BCUT2D eigenvalue weighted by Crippen LogP contribution is 2.31. The maximum Gasteiger partial charge on any atom is 0.273 e. The molecule has 1 aromatic rings. The third kappa shape index (κ3) is 3.11. The number of amides is 1. The lowest BCUT2D eigenvalue weighted by molar-refractivity contribution is -0.385. The average molecular weight is 304 g/mol. The Hall–Kier alpha value is -1.95. The molecule has 1 aliphatic carbocycles. The van der Waals surface area contributed by atoms with Crippen LogP contribution in [0.25, 0.3) is 0 Å². The van der Waals surface area contributed by atoms with E-state index < -0.39 is 4.92 Å². The first-order valence-electron chi connectivity index (χ1n) is 7.70. The van der Waals surface area contributed by atoms with Crippen molar-refractivity contribution in [3.8, 4) is 0 Å². The van der Waals surface area contributed by atoms with Crippen molar-refractivity contribution >= 4 is 11.6 Å². The van der Waals surface area contributed by atoms with Gasteiger partial charge in [-0.3, -0.25) is 14.9 Å². The second kappa shape index (κ2) is 6.04. The molecular weight excluding hydrogens is 284 g/mol. The van der Waals surface area contributed by atoms with Crippen LogP contribution in [0.2, 0.25) is 0 Å². The van der Waals surface area contributed by atoms with Gasteiger partial charge in [-0.25, -0.2) is 0 Å². The zero-order valence-corrected chi connectivity index (χ0v) is 12.7. The molecule has 6 nitrogen and oxygen atoms in total. The number of rotatable bonds is 5. The van der Waals surface area contributed by atoms with Crippen LogP contribution < -0.4 is 0 Å². The molecule has 22 heavy (non-hydrogen) atoms. The van der Waals surface area contributed by atoms with Crippen LogP contribution in [0.4, 0.5) is 5.69 Å². The predicted octanol–water partition coefficient (Wildman–Crippen LogP) is 2.54. The standard InChI is InChI=1S/C16H20N2O4/c1-11-2-3-13(8-15(11)18(20)21)16(19)17(14-4-5-14)9-12-6-7-22-10-12/h2-3,8,12,14H,4-7,9-10H2,1H3. The molecule has 1 saturated carbocycles. The zero-order valence-electron chi connectivity index (χ0n) is 12.7. The molecule has 118 valence electrons. The molecular formula is C16H20N2O4. The smallest absolute Gasteiger partial charge is 0.273 e. The highest BCUT2D eigenvalue weighted by Gasteiger charge is 2.35. The molecule has 0 N–H and O–H groups in total. The van der Waals surface area contributed by atoms with Crippen LogP contribution in [0.15, 0.2) is 18.2 Å². The van der Waals surface area contributed by atoms with Gasteiger partial charge in [-0.05, 0) is 32.3 Å². The van der Waals surface area contributed by atoms with Crippen LogP contribution in [0.5, 0.6) is 0 Å². The summed E-state index contributed by atoms with van der Waals surface area (Å²) in [4.78, 5) is 25.3. The van der Waals surface area contributed by atoms with E-state index in [1.807, 2.05) is 4.90 Å². The van der Waals surface area contributed by atoms with Crippen molar-refractivity contribution in [2.75, 3.05) is 19.8 Å². The summed E-state index contributed by atoms with van der Waals surface area (Å²) in [5, 5.41) is 11.1. The Balaban J connectivity index is 1.80. The van der Waals surface area contributed by atoms with Crippen molar-refractivity contribution in [3.63, 3.8) is 0 Å². The monoisotopic (exact) mass is 304 g/mol. The first-order valence-corrected chi connectivity index (χ1v) is 7.70. The van der Waals surface area contributed by atoms with Gasteiger partial charge in [0.15, 0.2) is 0 Å². The largest absolute Gasteiger partial charge is 0.381 e. The van der Waals surface area contributed by atoms with Crippen LogP contribution >= 0.6 is 0 Å². The van der Waals surface area contributed by atoms with Crippen molar-refractivity contribution in [1.29, 1.82) is 0 Å². The molecule has 1 amide bonds. The minimum atomic E-state index is -0.432. The van der Waals surface area contributed by atoms with Crippen molar-refractivity contribution in [3.05, 3.63) is 39.4 Å². The molecule has 0 radical (unpaired) electrons. The maximum absolute atomic E-state index is 12.8. The Morgan fingerprint density at radius 1 is 1.41 bits per heavy atom. The predicted molar refractivity (Wildman–Crippen MR) is 80.8 cm³/mol. The number of hydrogen-bond acceptors (Lipinski definition) is 4. The number of carbonyl (C=O) groups excluding carboxylic acids is 1. The van der Waals surface area contributed by atoms with Crippen molar-refractivity contribution in [1.82, 2.24) is 4.90 Å². The number of ether oxygens (including phenoxy) is 1. The van der Waals surface area contributed by atoms with Crippen LogP contribution in [-0.2, 0) is 4.74 Å². The molecule has 1 aliphatic heterocycles. The number of hydrogen-bond donors (Lipinski definition) is 0. The van der Waals surface area contributed by atoms with E-state index in [2.05, 4.69) is 0 Å². The molecule has 1 unspecified atom stereocenters. The van der Waals surface area contributed by atoms with Gasteiger partial charge in [-0.2, -0.15) is 0 Å². The lowest BCUT2D eigenvalue weighted by atomic mass is 10.1. The summed E-state index contributed by atoms with van der Waals surface area (Å²) >= 11 is 0. The summed E-state index contributed by atoms with van der Waals surface area (Å²) in [6.45, 7) is 3.82. The molecule has 0 bridgehead atoms. The molecule has 2 fully saturated rings. The summed E-state index contributed by atoms with van der Waals surface area (Å²) < 4.78 is 5.38. The molecule has 2 aliphatic rings. The average Bonchev–Trinajstić information content (AvgIpc) is 3.21. The first kappa shape index (κ1) is 15.0. The lowest BCUT2D eigenvalue weighted by Crippen LogP contribution is -2.37. The summed E-state index contributed by atoms with van der Waals surface area (Å²) in [6.07, 6.45) is 3.02. The van der Waals surface area contributed by atoms with Crippen LogP contribution in [0.3, 0.4) is 0 Å². The highest BCUT2D eigenvalue weighted by atomic mass is 16.6. The Morgan fingerprint density at radius 3 is 2.77 bits per heavy atom. The Kier molecular flexibility index (Phi) is 4.11. The van der Waals surface area contributed by atoms with E-state index >= 15 is 0 Å². The molecule has 1 atom stereocenters. The van der Waals surface area contributed by atoms with Crippen LogP contribution in [0.1, 0.15) is 35.2 Å². The highest BCUT2D eigenvalue weighted by molar-refractivity contribution is 5.95. The normalized spacial score (nSPS) is 20.9. The number of nitro groups is 1. The number of carbonyl (C=O) groups is 1. The van der Waals surface area contributed by atoms with Gasteiger partial charge in [0.25, 0.3) is 11.6 Å². The fourth-order valence-electron chi connectivity index (χ4n) is 2.89. The molecule has 1 heterocycles. The summed E-state index contributed by atoms with van der Waals surface area (Å²) in [6, 6.07) is 5.02. The maximum atomic E-state index is 12.8. The number of benzene rings is 1. The first-order chi connectivity index (χ1) is 10.6. The van der Waals surface area contributed by atoms with Gasteiger partial charge < -0.3 is 9.64 Å². The lowest BCUT2D eigenvalue weighted by Gasteiger charge is -2.25. The van der Waals surface area contributed by atoms with E-state index in [0.717, 1.165) is 25.9 Å². The summed E-state index contributed by atoms with van der Waals surface area (Å²) in [5.74, 6) is 0.280. The SMILES string of the molecule is Cc1ccc(C(=O)N(CC2CCOC2)C2CC2)cc1[N+](=O)[O-]. The van der Waals surface area contributed by atoms with E-state index in [1.54, 1.807) is 19.1 Å². The van der Waals surface area contributed by atoms with Gasteiger partial charge in [-0.15, -0.1) is 0 Å². The minimum Gasteiger partial charge on any atom is -0.381 e. The fourth-order valence-corrected chi connectivity index (χ4v) is 2.89. The van der Waals surface area contributed by atoms with E-state index in [9.17, 15) is 14.9 Å². The van der Waals surface area contributed by atoms with E-state index in [0.29, 0.717) is 30.2 Å². The van der Waals surface area contributed by atoms with Crippen LogP contribution in [-0.4, -0.2) is 41.5 Å². The van der Waals surface area contributed by atoms with Gasteiger partial charge in [-0.1, -0.05) is 6.07 Å². The number of aryl methyl sites for hydroxylation is 1. The number of nitrogens with zero attached hydrogens (tertiary/aromatic N) is 2. The minimum absolute atomic E-state index is 0.00537. The molecule has 6 heteroatoms. The van der Waals surface area contributed by atoms with Gasteiger partial charge in [0.2, 0.25) is 0 Å². The van der Waals surface area contributed by atoms with Crippen molar-refractivity contribution in [2.24, 2.45) is 5.92 Å². The second-order valence-corrected chi connectivity index (χ2v) is 6.18. The zero-order chi connectivity index (χ0) is 15.7. The van der Waals surface area contributed by atoms with E-state index in [1.165, 1.54) is 6.07 Å². The molecule has 0 spiro atoms. The topological polar surface area (TPSA) is 72.7 Å². The fraction of sp³-hybridized carbons (Fsp3) is 0.562. The van der Waals surface area contributed by atoms with E-state index in [-0.39, 0.29) is 17.6 Å². The van der Waals surface area contributed by atoms with Crippen molar-refractivity contribution in [2.45, 2.75) is 32.2 Å². The van der Waals surface area contributed by atoms with Crippen LogP contribution in [0, 0.1) is 23.0 Å². The number of nitro benzene ring substituents is 1. The third-order valence-corrected chi connectivity index (χ3v) is 4.38. The van der Waals surface area contributed by atoms with Gasteiger partial charge in [0, 0.05) is 42.3 Å². The Morgan fingerprint density at radius 2 is 2.18 bits per heavy atom. The molecule has 0 aromatic heterocycles. The Labute approximate surface area is 129 Å². The molecule has 3 rings (SSSR count). The van der Waals surface area contributed by atoms with Crippen molar-refractivity contribution < 1.29 is 14.5 Å². The van der Waals surface area contributed by atoms with E-state index in [4.69, 9.17) is 4.74 Å². The summed E-state index contributed by atoms with van der Waals surface area (Å²) in [7, 11) is 0. The molecule has 1 aromatic carbocycles. The third-order valence-electron chi connectivity index (χ3n) is 4.38.